The summed E-state index contributed by atoms with van der Waals surface area (Å²) < 4.78 is 26.9. The Hall–Kier alpha value is -3.57. The summed E-state index contributed by atoms with van der Waals surface area (Å²) in [5, 5.41) is 9.87. The molecule has 0 amide bonds. The number of anilines is 2. The van der Waals surface area contributed by atoms with Gasteiger partial charge in [-0.25, -0.2) is 14.4 Å². The van der Waals surface area contributed by atoms with E-state index in [0.29, 0.717) is 10.8 Å². The Labute approximate surface area is 245 Å². The van der Waals surface area contributed by atoms with Crippen molar-refractivity contribution < 1.29 is 13.9 Å². The van der Waals surface area contributed by atoms with Crippen LogP contribution in [0.5, 0.6) is 5.75 Å². The summed E-state index contributed by atoms with van der Waals surface area (Å²) in [6.07, 6.45) is 5.55. The van der Waals surface area contributed by atoms with E-state index in [1.807, 2.05) is 24.3 Å². The third-order valence-electron chi connectivity index (χ3n) is 7.51. The highest BCUT2D eigenvalue weighted by molar-refractivity contribution is 7.22. The molecule has 1 fully saturated rings. The molecule has 1 N–H and O–H groups in total. The average Bonchev–Trinajstić information content (AvgIpc) is 3.58. The summed E-state index contributed by atoms with van der Waals surface area (Å²) in [6, 6.07) is 11.9. The van der Waals surface area contributed by atoms with Gasteiger partial charge < -0.3 is 14.8 Å². The molecule has 1 saturated heterocycles. The lowest BCUT2D eigenvalue weighted by Crippen LogP contribution is -2.38. The quantitative estimate of drug-likeness (QED) is 0.234. The highest BCUT2D eigenvalue weighted by Crippen LogP contribution is 2.45. The predicted molar refractivity (Wildman–Crippen MR) is 159 cm³/mol. The fraction of sp³-hybridized carbons (Fsp3) is 0.300. The standard InChI is InChI=1S/C30H28ClFN6O2S/c31-24-15-21(4-7-26(24)40-17-19-2-1-3-20(32)14-19)35-29-27-22-5-6-25-23(28(22)41-30(27)34-18-33-29)16-38(36-25)9-8-37-10-12-39-13-11-37/h1-4,7,14-16,18H,5-6,8-13,17H2,(H,33,34,35). The lowest BCUT2D eigenvalue weighted by molar-refractivity contribution is 0.0359. The van der Waals surface area contributed by atoms with Gasteiger partial charge >= 0.3 is 0 Å². The van der Waals surface area contributed by atoms with E-state index in [-0.39, 0.29) is 12.4 Å². The highest BCUT2D eigenvalue weighted by Gasteiger charge is 2.26. The van der Waals surface area contributed by atoms with Crippen LogP contribution in [0.3, 0.4) is 0 Å². The molecule has 0 bridgehead atoms. The Morgan fingerprint density at radius 2 is 1.98 bits per heavy atom. The van der Waals surface area contributed by atoms with Gasteiger partial charge in [-0.3, -0.25) is 9.58 Å². The van der Waals surface area contributed by atoms with Gasteiger partial charge in [0.1, 0.15) is 35.1 Å². The highest BCUT2D eigenvalue weighted by atomic mass is 35.5. The van der Waals surface area contributed by atoms with Crippen LogP contribution in [0.2, 0.25) is 5.02 Å². The van der Waals surface area contributed by atoms with Crippen LogP contribution in [0.1, 0.15) is 16.8 Å². The zero-order chi connectivity index (χ0) is 27.8. The molecule has 1 aliphatic carbocycles. The molecule has 8 nitrogen and oxygen atoms in total. The van der Waals surface area contributed by atoms with Crippen molar-refractivity contribution in [2.24, 2.45) is 0 Å². The number of hydrogen-bond donors (Lipinski definition) is 1. The summed E-state index contributed by atoms with van der Waals surface area (Å²) >= 11 is 8.24. The summed E-state index contributed by atoms with van der Waals surface area (Å²) in [4.78, 5) is 13.8. The van der Waals surface area contributed by atoms with Crippen LogP contribution in [0.4, 0.5) is 15.9 Å². The van der Waals surface area contributed by atoms with E-state index in [4.69, 9.17) is 26.2 Å². The summed E-state index contributed by atoms with van der Waals surface area (Å²) in [7, 11) is 0. The smallest absolute Gasteiger partial charge is 0.142 e. The second-order valence-electron chi connectivity index (χ2n) is 10.2. The first-order chi connectivity index (χ1) is 20.1. The Bertz CT molecular complexity index is 1720. The van der Waals surface area contributed by atoms with Crippen molar-refractivity contribution in [3.05, 3.63) is 82.6 Å². The molecule has 1 aliphatic heterocycles. The molecule has 0 atom stereocenters. The number of thiophene rings is 1. The topological polar surface area (TPSA) is 77.3 Å². The van der Waals surface area contributed by atoms with Crippen molar-refractivity contribution in [1.29, 1.82) is 0 Å². The molecule has 3 aromatic heterocycles. The average molecular weight is 591 g/mol. The number of hydrogen-bond acceptors (Lipinski definition) is 8. The van der Waals surface area contributed by atoms with E-state index in [1.165, 1.54) is 28.1 Å². The molecule has 5 aromatic rings. The number of fused-ring (bicyclic) bond motifs is 5. The molecule has 11 heteroatoms. The predicted octanol–water partition coefficient (Wildman–Crippen LogP) is 6.10. The first-order valence-electron chi connectivity index (χ1n) is 13.7. The van der Waals surface area contributed by atoms with Crippen molar-refractivity contribution >= 4 is 44.7 Å². The van der Waals surface area contributed by atoms with Gasteiger partial charge in [0.25, 0.3) is 0 Å². The van der Waals surface area contributed by atoms with Crippen molar-refractivity contribution in [3.8, 4) is 16.2 Å². The zero-order valence-electron chi connectivity index (χ0n) is 22.3. The molecule has 41 heavy (non-hydrogen) atoms. The van der Waals surface area contributed by atoms with Crippen LogP contribution in [0, 0.1) is 5.82 Å². The van der Waals surface area contributed by atoms with Crippen LogP contribution in [0.25, 0.3) is 20.7 Å². The number of rotatable bonds is 8. The third-order valence-corrected chi connectivity index (χ3v) is 8.98. The molecule has 0 saturated carbocycles. The normalized spacial score (nSPS) is 15.1. The molecular formula is C30H28ClFN6O2S. The van der Waals surface area contributed by atoms with E-state index >= 15 is 0 Å². The molecule has 210 valence electrons. The molecule has 0 unspecified atom stereocenters. The van der Waals surface area contributed by atoms with E-state index < -0.39 is 0 Å². The van der Waals surface area contributed by atoms with Crippen LogP contribution < -0.4 is 10.1 Å². The fourth-order valence-electron chi connectivity index (χ4n) is 5.42. The maximum absolute atomic E-state index is 13.5. The Morgan fingerprint density at radius 3 is 2.83 bits per heavy atom. The monoisotopic (exact) mass is 590 g/mol. The van der Waals surface area contributed by atoms with Crippen LogP contribution in [-0.2, 0) is 30.7 Å². The Balaban J connectivity index is 1.10. The molecular weight excluding hydrogens is 563 g/mol. The lowest BCUT2D eigenvalue weighted by Gasteiger charge is -2.26. The number of aromatic nitrogens is 4. The van der Waals surface area contributed by atoms with Gasteiger partial charge in [0.05, 0.1) is 35.9 Å². The van der Waals surface area contributed by atoms with Gasteiger partial charge in [-0.2, -0.15) is 5.10 Å². The lowest BCUT2D eigenvalue weighted by atomic mass is 9.95. The summed E-state index contributed by atoms with van der Waals surface area (Å²) in [5.74, 6) is 0.984. The zero-order valence-corrected chi connectivity index (χ0v) is 23.8. The maximum Gasteiger partial charge on any atom is 0.142 e. The third kappa shape index (κ3) is 5.52. The number of aryl methyl sites for hydroxylation is 2. The number of nitrogens with zero attached hydrogens (tertiary/aromatic N) is 5. The number of halogens is 2. The van der Waals surface area contributed by atoms with Crippen LogP contribution >= 0.6 is 22.9 Å². The van der Waals surface area contributed by atoms with E-state index in [9.17, 15) is 4.39 Å². The number of nitrogens with one attached hydrogen (secondary N) is 1. The van der Waals surface area contributed by atoms with Gasteiger partial charge in [-0.05, 0) is 54.3 Å². The maximum atomic E-state index is 13.5. The summed E-state index contributed by atoms with van der Waals surface area (Å²) in [5.41, 5.74) is 5.13. The van der Waals surface area contributed by atoms with Gasteiger partial charge in [0.2, 0.25) is 0 Å². The second-order valence-corrected chi connectivity index (χ2v) is 11.6. The molecule has 2 aromatic carbocycles. The SMILES string of the molecule is Fc1cccc(COc2ccc(Nc3ncnc4sc5c(c34)CCc3nn(CCN4CCOCC4)cc3-5)cc2Cl)c1. The fourth-order valence-corrected chi connectivity index (χ4v) is 6.88. The number of ether oxygens (including phenoxy) is 2. The minimum atomic E-state index is -0.294. The molecule has 7 rings (SSSR count). The van der Waals surface area contributed by atoms with Gasteiger partial charge in [-0.1, -0.05) is 23.7 Å². The van der Waals surface area contributed by atoms with Crippen molar-refractivity contribution in [2.45, 2.75) is 26.0 Å². The number of benzene rings is 2. The first-order valence-corrected chi connectivity index (χ1v) is 14.9. The molecule has 0 radical (unpaired) electrons. The molecule has 2 aliphatic rings. The second kappa shape index (κ2) is 11.4. The molecule has 0 spiro atoms. The minimum Gasteiger partial charge on any atom is -0.487 e. The van der Waals surface area contributed by atoms with E-state index in [1.54, 1.807) is 23.7 Å². The largest absolute Gasteiger partial charge is 0.487 e. The Morgan fingerprint density at radius 1 is 1.07 bits per heavy atom. The van der Waals surface area contributed by atoms with Gasteiger partial charge in [-0.15, -0.1) is 11.3 Å². The van der Waals surface area contributed by atoms with E-state index in [0.717, 1.165) is 85.2 Å². The van der Waals surface area contributed by atoms with Gasteiger partial charge in [0.15, 0.2) is 0 Å². The Kier molecular flexibility index (Phi) is 7.30. The van der Waals surface area contributed by atoms with Crippen LogP contribution in [-0.4, -0.2) is 57.5 Å². The minimum absolute atomic E-state index is 0.226. The van der Waals surface area contributed by atoms with Crippen molar-refractivity contribution in [1.82, 2.24) is 24.6 Å². The molecule has 4 heterocycles. The van der Waals surface area contributed by atoms with Gasteiger partial charge in [0, 0.05) is 42.0 Å². The van der Waals surface area contributed by atoms with E-state index in [2.05, 4.69) is 31.1 Å². The van der Waals surface area contributed by atoms with Crippen molar-refractivity contribution in [2.75, 3.05) is 38.2 Å². The van der Waals surface area contributed by atoms with Crippen LogP contribution in [0.15, 0.2) is 55.0 Å². The summed E-state index contributed by atoms with van der Waals surface area (Å²) in [6.45, 7) is 5.63. The first kappa shape index (κ1) is 26.3. The number of morpholine rings is 1. The van der Waals surface area contributed by atoms with Crippen molar-refractivity contribution in [3.63, 3.8) is 0 Å².